The quantitative estimate of drug-likeness (QED) is 0.603. The third-order valence-electron chi connectivity index (χ3n) is 6.25. The molecule has 4 rings (SSSR count). The van der Waals surface area contributed by atoms with E-state index in [0.29, 0.717) is 0 Å². The number of likely N-dealkylation sites (N-methyl/N-ethyl adjacent to an activating group) is 1. The molecule has 0 aromatic heterocycles. The van der Waals surface area contributed by atoms with Crippen molar-refractivity contribution in [2.75, 3.05) is 7.05 Å². The molecule has 5 nitrogen and oxygen atoms in total. The number of carbonyl (C=O) groups excluding carboxylic acids is 1. The Morgan fingerprint density at radius 1 is 1.23 bits per heavy atom. The van der Waals surface area contributed by atoms with E-state index in [1.165, 1.54) is 0 Å². The van der Waals surface area contributed by atoms with E-state index in [-0.39, 0.29) is 17.9 Å². The molecule has 0 spiro atoms. The Labute approximate surface area is 154 Å². The largest absolute Gasteiger partial charge is 0.494 e. The van der Waals surface area contributed by atoms with Gasteiger partial charge in [-0.3, -0.25) is 4.79 Å². The summed E-state index contributed by atoms with van der Waals surface area (Å²) in [6.45, 7) is 8.06. The number of nitrogens with zero attached hydrogens (tertiary/aromatic N) is 1. The van der Waals surface area contributed by atoms with Gasteiger partial charge in [-0.05, 0) is 51.7 Å². The van der Waals surface area contributed by atoms with Crippen molar-refractivity contribution in [3.8, 4) is 11.8 Å². The number of aliphatic hydroxyl groups is 1. The zero-order valence-corrected chi connectivity index (χ0v) is 15.9. The second-order valence-electron chi connectivity index (χ2n) is 8.56. The van der Waals surface area contributed by atoms with Crippen LogP contribution in [0.2, 0.25) is 0 Å². The third-order valence-corrected chi connectivity index (χ3v) is 6.25. The van der Waals surface area contributed by atoms with Crippen LogP contribution in [-0.2, 0) is 14.1 Å². The molecule has 6 heteroatoms. The average Bonchev–Trinajstić information content (AvgIpc) is 3.31. The lowest BCUT2D eigenvalue weighted by molar-refractivity contribution is -0.140. The lowest BCUT2D eigenvalue weighted by Gasteiger charge is -2.32. The molecule has 1 unspecified atom stereocenters. The Bertz CT molecular complexity index is 824. The highest BCUT2D eigenvalue weighted by Crippen LogP contribution is 2.50. The summed E-state index contributed by atoms with van der Waals surface area (Å²) in [4.78, 5) is 13.9. The molecule has 0 radical (unpaired) electrons. The van der Waals surface area contributed by atoms with Crippen LogP contribution in [-0.4, -0.2) is 52.9 Å². The molecule has 26 heavy (non-hydrogen) atoms. The fourth-order valence-corrected chi connectivity index (χ4v) is 3.69. The smallest absolute Gasteiger partial charge is 0.399 e. The van der Waals surface area contributed by atoms with E-state index in [2.05, 4.69) is 11.8 Å². The van der Waals surface area contributed by atoms with Crippen LogP contribution in [0, 0.1) is 17.8 Å². The van der Waals surface area contributed by atoms with Crippen LogP contribution in [0.25, 0.3) is 0 Å². The number of carbonyl (C=O) groups is 1. The molecule has 3 fully saturated rings. The summed E-state index contributed by atoms with van der Waals surface area (Å²) in [6, 6.07) is 7.72. The summed E-state index contributed by atoms with van der Waals surface area (Å²) in [5.74, 6) is 5.44. The maximum Gasteiger partial charge on any atom is 0.494 e. The van der Waals surface area contributed by atoms with Gasteiger partial charge >= 0.3 is 7.12 Å². The number of likely N-dealkylation sites (tertiary alicyclic amines) is 1. The summed E-state index contributed by atoms with van der Waals surface area (Å²) < 4.78 is 12.2. The van der Waals surface area contributed by atoms with Gasteiger partial charge in [0, 0.05) is 24.6 Å². The van der Waals surface area contributed by atoms with E-state index in [1.807, 2.05) is 52.0 Å². The number of rotatable bonds is 1. The number of piperidine rings is 1. The Kier molecular flexibility index (Phi) is 3.62. The Hall–Kier alpha value is -1.81. The lowest BCUT2D eigenvalue weighted by Crippen LogP contribution is -2.41. The van der Waals surface area contributed by atoms with Crippen LogP contribution >= 0.6 is 0 Å². The van der Waals surface area contributed by atoms with Gasteiger partial charge in [-0.15, -0.1) is 0 Å². The summed E-state index contributed by atoms with van der Waals surface area (Å²) >= 11 is 0. The van der Waals surface area contributed by atoms with Crippen molar-refractivity contribution in [2.45, 2.75) is 57.0 Å². The van der Waals surface area contributed by atoms with E-state index in [0.717, 1.165) is 17.4 Å². The van der Waals surface area contributed by atoms with Gasteiger partial charge in [0.15, 0.2) is 0 Å². The first-order chi connectivity index (χ1) is 12.1. The summed E-state index contributed by atoms with van der Waals surface area (Å²) in [5.41, 5.74) is -0.765. The van der Waals surface area contributed by atoms with E-state index in [9.17, 15) is 9.90 Å². The molecule has 1 aromatic rings. The lowest BCUT2D eigenvalue weighted by atomic mass is 9.78. The van der Waals surface area contributed by atoms with E-state index in [4.69, 9.17) is 9.31 Å². The zero-order valence-electron chi connectivity index (χ0n) is 15.9. The maximum atomic E-state index is 12.2. The van der Waals surface area contributed by atoms with Gasteiger partial charge in [0.1, 0.15) is 0 Å². The van der Waals surface area contributed by atoms with Crippen molar-refractivity contribution in [1.29, 1.82) is 0 Å². The summed E-state index contributed by atoms with van der Waals surface area (Å²) in [7, 11) is 1.27. The van der Waals surface area contributed by atoms with Gasteiger partial charge in [0.25, 0.3) is 5.91 Å². The van der Waals surface area contributed by atoms with Crippen LogP contribution < -0.4 is 5.46 Å². The Morgan fingerprint density at radius 3 is 2.46 bits per heavy atom. The molecular weight excluding hydrogens is 329 g/mol. The highest BCUT2D eigenvalue weighted by Gasteiger charge is 2.66. The van der Waals surface area contributed by atoms with Crippen molar-refractivity contribution in [1.82, 2.24) is 4.90 Å². The monoisotopic (exact) mass is 353 g/mol. The topological polar surface area (TPSA) is 59.0 Å². The first-order valence-electron chi connectivity index (χ1n) is 9.03. The molecule has 1 N–H and O–H groups in total. The van der Waals surface area contributed by atoms with Gasteiger partial charge in [0.2, 0.25) is 5.60 Å². The van der Waals surface area contributed by atoms with Gasteiger partial charge in [-0.2, -0.15) is 0 Å². The van der Waals surface area contributed by atoms with Gasteiger partial charge in [-0.25, -0.2) is 0 Å². The van der Waals surface area contributed by atoms with Crippen molar-refractivity contribution in [3.05, 3.63) is 29.8 Å². The molecule has 1 amide bonds. The number of hydrogen-bond donors (Lipinski definition) is 1. The van der Waals surface area contributed by atoms with Crippen LogP contribution in [0.3, 0.4) is 0 Å². The molecule has 1 aliphatic carbocycles. The summed E-state index contributed by atoms with van der Waals surface area (Å²) in [6.07, 6.45) is 0.821. The molecule has 2 saturated heterocycles. The third kappa shape index (κ3) is 2.50. The molecule has 2 heterocycles. The first kappa shape index (κ1) is 17.6. The van der Waals surface area contributed by atoms with Crippen LogP contribution in [0.1, 0.15) is 39.7 Å². The van der Waals surface area contributed by atoms with E-state index < -0.39 is 23.9 Å². The van der Waals surface area contributed by atoms with Gasteiger partial charge < -0.3 is 19.3 Å². The van der Waals surface area contributed by atoms with Crippen LogP contribution in [0.5, 0.6) is 0 Å². The minimum atomic E-state index is -1.56. The van der Waals surface area contributed by atoms with Crippen LogP contribution in [0.15, 0.2) is 24.3 Å². The standard InChI is InChI=1S/C20H24BNO4/c1-18(2)19(3,4)26-21(25-18)14-8-6-7-13(11-14)9-10-20(24)15-12-16(15)22(5)17(20)23/h6-8,11,15-16,24H,12H2,1-5H3/t15?,16-,20+/m1/s1. The highest BCUT2D eigenvalue weighted by molar-refractivity contribution is 6.62. The number of fused-ring (bicyclic) bond motifs is 1. The Balaban J connectivity index is 1.58. The van der Waals surface area contributed by atoms with E-state index in [1.54, 1.807) is 11.9 Å². The van der Waals surface area contributed by atoms with Crippen molar-refractivity contribution in [2.24, 2.45) is 5.92 Å². The molecule has 1 saturated carbocycles. The second-order valence-corrected chi connectivity index (χ2v) is 8.56. The zero-order chi connectivity index (χ0) is 18.9. The molecule has 3 aliphatic rings. The number of amides is 1. The van der Waals surface area contributed by atoms with Crippen LogP contribution in [0.4, 0.5) is 0 Å². The van der Waals surface area contributed by atoms with Crippen molar-refractivity contribution >= 4 is 18.5 Å². The molecule has 1 aromatic carbocycles. The average molecular weight is 353 g/mol. The fourth-order valence-electron chi connectivity index (χ4n) is 3.69. The van der Waals surface area contributed by atoms with E-state index >= 15 is 0 Å². The van der Waals surface area contributed by atoms with Gasteiger partial charge in [-0.1, -0.05) is 24.0 Å². The predicted octanol–water partition coefficient (Wildman–Crippen LogP) is 0.929. The maximum absolute atomic E-state index is 12.2. The van der Waals surface area contributed by atoms with Gasteiger partial charge in [0.05, 0.1) is 11.2 Å². The molecular formula is C20H24BNO4. The fraction of sp³-hybridized carbons (Fsp3) is 0.550. The normalized spacial score (nSPS) is 33.7. The van der Waals surface area contributed by atoms with Crippen molar-refractivity contribution in [3.63, 3.8) is 0 Å². The highest BCUT2D eigenvalue weighted by atomic mass is 16.7. The minimum absolute atomic E-state index is 0.0706. The number of benzene rings is 1. The summed E-state index contributed by atoms with van der Waals surface area (Å²) in [5, 5.41) is 10.7. The second kappa shape index (κ2) is 5.35. The van der Waals surface area contributed by atoms with Crippen molar-refractivity contribution < 1.29 is 19.2 Å². The minimum Gasteiger partial charge on any atom is -0.399 e. The molecule has 2 aliphatic heterocycles. The molecule has 0 bridgehead atoms. The number of hydrogen-bond acceptors (Lipinski definition) is 4. The first-order valence-corrected chi connectivity index (χ1v) is 9.03. The predicted molar refractivity (Wildman–Crippen MR) is 98.7 cm³/mol. The Morgan fingerprint density at radius 2 is 1.88 bits per heavy atom. The molecule has 136 valence electrons. The SMILES string of the molecule is CN1C(=O)[C@](O)(C#Cc2cccc(B3OC(C)(C)C(C)(C)O3)c2)C2C[C@H]21. The molecule has 3 atom stereocenters.